The van der Waals surface area contributed by atoms with Crippen molar-refractivity contribution in [2.24, 2.45) is 10.4 Å². The van der Waals surface area contributed by atoms with E-state index in [0.29, 0.717) is 5.41 Å². The second kappa shape index (κ2) is 10.0. The van der Waals surface area contributed by atoms with Crippen LogP contribution in [0, 0.1) is 12.3 Å². The molecule has 0 unspecified atom stereocenters. The fourth-order valence-corrected chi connectivity index (χ4v) is 6.99. The number of benzene rings is 1. The minimum absolute atomic E-state index is 0.327. The van der Waals surface area contributed by atoms with Gasteiger partial charge in [0.05, 0.1) is 5.71 Å². The summed E-state index contributed by atoms with van der Waals surface area (Å²) in [5.74, 6) is 1.74. The normalized spacial score (nSPS) is 17.6. The summed E-state index contributed by atoms with van der Waals surface area (Å²) in [6.45, 7) is 10.4. The van der Waals surface area contributed by atoms with Crippen LogP contribution in [0.15, 0.2) is 70.3 Å². The van der Waals surface area contributed by atoms with Crippen molar-refractivity contribution in [1.29, 1.82) is 0 Å². The van der Waals surface area contributed by atoms with E-state index in [4.69, 9.17) is 9.97 Å². The molecule has 2 aliphatic heterocycles. The minimum Gasteiger partial charge on any atom is -0.371 e. The molecule has 4 heterocycles. The fraction of sp³-hybridized carbons (Fsp3) is 0.355. The Kier molecular flexibility index (Phi) is 6.56. The maximum atomic E-state index is 5.15. The van der Waals surface area contributed by atoms with Gasteiger partial charge in [0.1, 0.15) is 10.7 Å². The van der Waals surface area contributed by atoms with Crippen molar-refractivity contribution >= 4 is 34.7 Å². The van der Waals surface area contributed by atoms with Gasteiger partial charge in [-0.25, -0.2) is 9.97 Å². The number of rotatable bonds is 6. The molecule has 1 aliphatic carbocycles. The number of hydrogen-bond acceptors (Lipinski definition) is 7. The highest BCUT2D eigenvalue weighted by atomic mass is 32.2. The molecule has 6 rings (SSSR count). The van der Waals surface area contributed by atoms with E-state index < -0.39 is 0 Å². The zero-order chi connectivity index (χ0) is 26.3. The molecule has 0 amide bonds. The monoisotopic (exact) mass is 522 g/mol. The summed E-state index contributed by atoms with van der Waals surface area (Å²) in [5, 5.41) is 4.19. The van der Waals surface area contributed by atoms with Gasteiger partial charge in [-0.2, -0.15) is 0 Å². The molecule has 2 aromatic heterocycles. The predicted octanol–water partition coefficient (Wildman–Crippen LogP) is 6.50. The number of allylic oxidation sites excluding steroid dienone is 2. The molecule has 38 heavy (non-hydrogen) atoms. The van der Waals surface area contributed by atoms with Crippen LogP contribution < -0.4 is 10.2 Å². The van der Waals surface area contributed by atoms with E-state index in [0.717, 1.165) is 83.7 Å². The van der Waals surface area contributed by atoms with Crippen LogP contribution in [0.5, 0.6) is 0 Å². The number of hydrogen-bond donors (Lipinski definition) is 1. The van der Waals surface area contributed by atoms with Gasteiger partial charge in [-0.15, -0.1) is 0 Å². The lowest BCUT2D eigenvalue weighted by molar-refractivity contribution is 0.231. The summed E-state index contributed by atoms with van der Waals surface area (Å²) in [7, 11) is 1.93. The summed E-state index contributed by atoms with van der Waals surface area (Å²) in [4.78, 5) is 23.1. The Bertz CT molecular complexity index is 1440. The second-order valence-electron chi connectivity index (χ2n) is 10.7. The first-order chi connectivity index (χ1) is 18.5. The third-order valence-electron chi connectivity index (χ3n) is 8.15. The molecule has 0 bridgehead atoms. The van der Waals surface area contributed by atoms with Crippen molar-refractivity contribution in [1.82, 2.24) is 15.0 Å². The first-order valence-corrected chi connectivity index (χ1v) is 14.2. The van der Waals surface area contributed by atoms with Gasteiger partial charge in [0.25, 0.3) is 0 Å². The topological polar surface area (TPSA) is 66.3 Å². The van der Waals surface area contributed by atoms with Gasteiger partial charge >= 0.3 is 0 Å². The minimum atomic E-state index is 0.327. The average Bonchev–Trinajstić information content (AvgIpc) is 3.58. The number of fused-ring (bicyclic) bond motifs is 1. The third kappa shape index (κ3) is 4.53. The largest absolute Gasteiger partial charge is 0.371 e. The molecular formula is C31H34N6S. The van der Waals surface area contributed by atoms with Crippen molar-refractivity contribution in [2.45, 2.75) is 55.9 Å². The van der Waals surface area contributed by atoms with E-state index in [2.05, 4.69) is 70.1 Å². The first-order valence-electron chi connectivity index (χ1n) is 13.4. The molecule has 1 saturated heterocycles. The second-order valence-corrected chi connectivity index (χ2v) is 11.8. The highest BCUT2D eigenvalue weighted by molar-refractivity contribution is 7.99. The van der Waals surface area contributed by atoms with Crippen molar-refractivity contribution in [3.05, 3.63) is 83.5 Å². The zero-order valence-corrected chi connectivity index (χ0v) is 23.2. The van der Waals surface area contributed by atoms with Crippen molar-refractivity contribution < 1.29 is 0 Å². The Morgan fingerprint density at radius 2 is 1.95 bits per heavy atom. The molecule has 1 fully saturated rings. The van der Waals surface area contributed by atoms with Crippen LogP contribution in [0.1, 0.15) is 54.3 Å². The summed E-state index contributed by atoms with van der Waals surface area (Å²) >= 11 is 1.66. The van der Waals surface area contributed by atoms with Crippen LogP contribution in [0.3, 0.4) is 0 Å². The van der Waals surface area contributed by atoms with Gasteiger partial charge in [-0.05, 0) is 73.8 Å². The molecule has 0 radical (unpaired) electrons. The standard InChI is InChI=1S/C31H34N6S/c1-20(2)27-29(37-16-12-31(13-17-37)18-22-8-6-14-34-25(22)19-31)36-28(32-4)30(35-27)38-26-11-5-9-23(21(26)3)24-10-7-15-33-24/h5-9,11,14-15H,1,10,12-13,16-19H2,2-4H3,(H,32,36). The lowest BCUT2D eigenvalue weighted by atomic mass is 9.76. The first kappa shape index (κ1) is 24.9. The van der Waals surface area contributed by atoms with Gasteiger partial charge in [0.2, 0.25) is 0 Å². The smallest absolute Gasteiger partial charge is 0.161 e. The Hall–Kier alpha value is -3.45. The number of anilines is 2. The summed E-state index contributed by atoms with van der Waals surface area (Å²) < 4.78 is 0. The zero-order valence-electron chi connectivity index (χ0n) is 22.4. The Morgan fingerprint density at radius 1 is 1.11 bits per heavy atom. The van der Waals surface area contributed by atoms with Crippen molar-refractivity contribution in [2.75, 3.05) is 30.4 Å². The lowest BCUT2D eigenvalue weighted by Crippen LogP contribution is -2.41. The molecule has 3 aromatic rings. The number of aromatic nitrogens is 3. The third-order valence-corrected chi connectivity index (χ3v) is 9.29. The van der Waals surface area contributed by atoms with Gasteiger partial charge in [0, 0.05) is 55.1 Å². The number of nitrogens with one attached hydrogen (secondary N) is 1. The predicted molar refractivity (Wildman–Crippen MR) is 157 cm³/mol. The van der Waals surface area contributed by atoms with Gasteiger partial charge in [-0.3, -0.25) is 9.98 Å². The van der Waals surface area contributed by atoms with Crippen molar-refractivity contribution in [3.8, 4) is 0 Å². The molecule has 3 aliphatic rings. The maximum Gasteiger partial charge on any atom is 0.161 e. The van der Waals surface area contributed by atoms with E-state index in [9.17, 15) is 0 Å². The lowest BCUT2D eigenvalue weighted by Gasteiger charge is -2.40. The van der Waals surface area contributed by atoms with Crippen LogP contribution in [0.2, 0.25) is 0 Å². The number of aliphatic imine (C=N–C) groups is 1. The van der Waals surface area contributed by atoms with E-state index in [1.807, 2.05) is 26.4 Å². The fourth-order valence-electron chi connectivity index (χ4n) is 5.99. The Labute approximate surface area is 229 Å². The Balaban J connectivity index is 1.26. The quantitative estimate of drug-likeness (QED) is 0.399. The van der Waals surface area contributed by atoms with E-state index >= 15 is 0 Å². The van der Waals surface area contributed by atoms with Crippen LogP contribution in [-0.4, -0.2) is 40.8 Å². The molecule has 194 valence electrons. The summed E-state index contributed by atoms with van der Waals surface area (Å²) in [6, 6.07) is 10.7. The van der Waals surface area contributed by atoms with E-state index in [-0.39, 0.29) is 0 Å². The number of nitrogens with zero attached hydrogens (tertiary/aromatic N) is 5. The van der Waals surface area contributed by atoms with E-state index in [1.54, 1.807) is 11.8 Å². The molecule has 7 heteroatoms. The molecule has 1 spiro atoms. The molecular weight excluding hydrogens is 488 g/mol. The number of piperidine rings is 1. The molecule has 1 aromatic carbocycles. The molecule has 0 atom stereocenters. The van der Waals surface area contributed by atoms with Crippen LogP contribution in [0.4, 0.5) is 11.6 Å². The van der Waals surface area contributed by atoms with Crippen LogP contribution >= 0.6 is 11.8 Å². The van der Waals surface area contributed by atoms with Gasteiger partial charge < -0.3 is 10.2 Å². The number of pyridine rings is 1. The Morgan fingerprint density at radius 3 is 2.66 bits per heavy atom. The van der Waals surface area contributed by atoms with Crippen molar-refractivity contribution in [3.63, 3.8) is 0 Å². The molecule has 6 nitrogen and oxygen atoms in total. The maximum absolute atomic E-state index is 5.15. The van der Waals surface area contributed by atoms with Gasteiger partial charge in [0.15, 0.2) is 11.6 Å². The average molecular weight is 523 g/mol. The van der Waals surface area contributed by atoms with Crippen LogP contribution in [0.25, 0.3) is 5.57 Å². The van der Waals surface area contributed by atoms with E-state index in [1.165, 1.54) is 22.4 Å². The SMILES string of the molecule is C=C(C)c1nc(Sc2cccc(C3=NC=CC3)c2C)c(NC)nc1N1CCC2(CC1)Cc1cccnc1C2. The van der Waals surface area contributed by atoms with Crippen LogP contribution in [-0.2, 0) is 12.8 Å². The highest BCUT2D eigenvalue weighted by Crippen LogP contribution is 2.45. The molecule has 1 N–H and O–H groups in total. The summed E-state index contributed by atoms with van der Waals surface area (Å²) in [6.07, 6.45) is 11.3. The van der Waals surface area contributed by atoms with Gasteiger partial charge in [-0.1, -0.05) is 42.6 Å². The molecule has 0 saturated carbocycles. The summed E-state index contributed by atoms with van der Waals surface area (Å²) in [5.41, 5.74) is 8.40. The highest BCUT2D eigenvalue weighted by Gasteiger charge is 2.41.